The van der Waals surface area contributed by atoms with Crippen molar-refractivity contribution in [1.82, 2.24) is 4.90 Å². The van der Waals surface area contributed by atoms with Gasteiger partial charge in [0.2, 0.25) is 0 Å². The Hall–Kier alpha value is -1.68. The summed E-state index contributed by atoms with van der Waals surface area (Å²) >= 11 is 0. The number of hydrogen-bond acceptors (Lipinski definition) is 3. The average molecular weight is 262 g/mol. The van der Waals surface area contributed by atoms with Crippen LogP contribution in [-0.2, 0) is 0 Å². The quantitative estimate of drug-likeness (QED) is 0.825. The fourth-order valence-electron chi connectivity index (χ4n) is 1.85. The molecule has 1 rings (SSSR count). The van der Waals surface area contributed by atoms with Crippen LogP contribution in [0.4, 0.5) is 0 Å². The largest absolute Gasteiger partial charge is 0.341 e. The molecule has 0 bridgehead atoms. The molecule has 19 heavy (non-hydrogen) atoms. The summed E-state index contributed by atoms with van der Waals surface area (Å²) in [5.41, 5.74) is 6.76. The van der Waals surface area contributed by atoms with Crippen LogP contribution in [-0.4, -0.2) is 36.7 Å². The number of amides is 1. The highest BCUT2D eigenvalue weighted by Crippen LogP contribution is 2.16. The minimum absolute atomic E-state index is 0.00313. The Bertz CT molecular complexity index is 464. The summed E-state index contributed by atoms with van der Waals surface area (Å²) in [5.74, 6) is -0.0618. The van der Waals surface area contributed by atoms with Crippen LogP contribution in [0.1, 0.15) is 41.5 Å². The summed E-state index contributed by atoms with van der Waals surface area (Å²) in [7, 11) is 1.76. The third kappa shape index (κ3) is 4.17. The highest BCUT2D eigenvalue weighted by Gasteiger charge is 2.21. The Morgan fingerprint density at radius 1 is 1.16 bits per heavy atom. The van der Waals surface area contributed by atoms with Gasteiger partial charge in [0.05, 0.1) is 0 Å². The van der Waals surface area contributed by atoms with Crippen molar-refractivity contribution in [3.05, 3.63) is 35.4 Å². The van der Waals surface area contributed by atoms with E-state index in [1.807, 2.05) is 13.8 Å². The van der Waals surface area contributed by atoms with Gasteiger partial charge in [-0.25, -0.2) is 0 Å². The zero-order valence-corrected chi connectivity index (χ0v) is 12.1. The van der Waals surface area contributed by atoms with E-state index in [1.165, 1.54) is 6.92 Å². The van der Waals surface area contributed by atoms with Crippen molar-refractivity contribution in [1.29, 1.82) is 0 Å². The van der Waals surface area contributed by atoms with Crippen molar-refractivity contribution in [3.63, 3.8) is 0 Å². The van der Waals surface area contributed by atoms with Crippen molar-refractivity contribution in [2.45, 2.75) is 20.8 Å². The molecule has 2 N–H and O–H groups in total. The van der Waals surface area contributed by atoms with Gasteiger partial charge in [-0.2, -0.15) is 0 Å². The zero-order valence-electron chi connectivity index (χ0n) is 12.1. The molecule has 1 aromatic rings. The van der Waals surface area contributed by atoms with Crippen LogP contribution in [0, 0.1) is 5.41 Å². The van der Waals surface area contributed by atoms with Crippen molar-refractivity contribution in [2.24, 2.45) is 11.1 Å². The molecular weight excluding hydrogens is 240 g/mol. The van der Waals surface area contributed by atoms with Gasteiger partial charge in [0, 0.05) is 24.7 Å². The SMILES string of the molecule is CC(=O)c1ccc(C(=O)N(C)CC(C)(C)CN)cc1. The number of nitrogens with two attached hydrogens (primary N) is 1. The molecule has 4 nitrogen and oxygen atoms in total. The first-order valence-electron chi connectivity index (χ1n) is 6.33. The fraction of sp³-hybridized carbons (Fsp3) is 0.467. The van der Waals surface area contributed by atoms with Gasteiger partial charge in [-0.05, 0) is 31.0 Å². The first kappa shape index (κ1) is 15.4. The topological polar surface area (TPSA) is 63.4 Å². The van der Waals surface area contributed by atoms with Crippen molar-refractivity contribution in [3.8, 4) is 0 Å². The van der Waals surface area contributed by atoms with Gasteiger partial charge in [-0.3, -0.25) is 9.59 Å². The maximum absolute atomic E-state index is 12.2. The normalized spacial score (nSPS) is 11.2. The van der Waals surface area contributed by atoms with Crippen molar-refractivity contribution >= 4 is 11.7 Å². The molecule has 4 heteroatoms. The van der Waals surface area contributed by atoms with E-state index >= 15 is 0 Å². The van der Waals surface area contributed by atoms with Crippen LogP contribution in [0.3, 0.4) is 0 Å². The molecule has 0 aliphatic rings. The minimum atomic E-state index is -0.107. The standard InChI is InChI=1S/C15H22N2O2/c1-11(18)12-5-7-13(8-6-12)14(19)17(4)10-15(2,3)9-16/h5-8H,9-10,16H2,1-4H3. The van der Waals surface area contributed by atoms with E-state index in [2.05, 4.69) is 0 Å². The van der Waals surface area contributed by atoms with Crippen LogP contribution in [0.5, 0.6) is 0 Å². The van der Waals surface area contributed by atoms with Gasteiger partial charge in [0.25, 0.3) is 5.91 Å². The minimum Gasteiger partial charge on any atom is -0.341 e. The average Bonchev–Trinajstić information content (AvgIpc) is 2.37. The lowest BCUT2D eigenvalue weighted by atomic mass is 9.93. The maximum Gasteiger partial charge on any atom is 0.253 e. The Morgan fingerprint density at radius 3 is 2.05 bits per heavy atom. The Kier molecular flexibility index (Phi) is 4.84. The number of hydrogen-bond donors (Lipinski definition) is 1. The van der Waals surface area contributed by atoms with E-state index in [9.17, 15) is 9.59 Å². The monoisotopic (exact) mass is 262 g/mol. The number of carbonyl (C=O) groups excluding carboxylic acids is 2. The second kappa shape index (κ2) is 5.97. The van der Waals surface area contributed by atoms with Crippen LogP contribution in [0.15, 0.2) is 24.3 Å². The van der Waals surface area contributed by atoms with Crippen LogP contribution >= 0.6 is 0 Å². The predicted molar refractivity (Wildman–Crippen MR) is 76.2 cm³/mol. The van der Waals surface area contributed by atoms with E-state index < -0.39 is 0 Å². The summed E-state index contributed by atoms with van der Waals surface area (Å²) < 4.78 is 0. The summed E-state index contributed by atoms with van der Waals surface area (Å²) in [5, 5.41) is 0. The van der Waals surface area contributed by atoms with E-state index in [4.69, 9.17) is 5.73 Å². The predicted octanol–water partition coefficient (Wildman–Crippen LogP) is 1.95. The smallest absolute Gasteiger partial charge is 0.253 e. The Morgan fingerprint density at radius 2 is 1.63 bits per heavy atom. The second-order valence-electron chi connectivity index (χ2n) is 5.66. The van der Waals surface area contributed by atoms with E-state index in [0.29, 0.717) is 24.2 Å². The molecule has 0 aromatic heterocycles. The van der Waals surface area contributed by atoms with Crippen LogP contribution < -0.4 is 5.73 Å². The molecule has 0 saturated heterocycles. The molecule has 0 fully saturated rings. The molecule has 0 aliphatic carbocycles. The van der Waals surface area contributed by atoms with Gasteiger partial charge >= 0.3 is 0 Å². The summed E-state index contributed by atoms with van der Waals surface area (Å²) in [6.45, 7) is 6.67. The summed E-state index contributed by atoms with van der Waals surface area (Å²) in [6.07, 6.45) is 0. The number of rotatable bonds is 5. The molecule has 104 valence electrons. The van der Waals surface area contributed by atoms with Crippen molar-refractivity contribution < 1.29 is 9.59 Å². The molecular formula is C15H22N2O2. The number of ketones is 1. The highest BCUT2D eigenvalue weighted by atomic mass is 16.2. The molecule has 0 radical (unpaired) electrons. The summed E-state index contributed by atoms with van der Waals surface area (Å²) in [4.78, 5) is 25.1. The lowest BCUT2D eigenvalue weighted by molar-refractivity contribution is 0.0740. The van der Waals surface area contributed by atoms with E-state index in [1.54, 1.807) is 36.2 Å². The Labute approximate surface area is 114 Å². The van der Waals surface area contributed by atoms with Gasteiger partial charge in [-0.15, -0.1) is 0 Å². The molecule has 0 saturated carbocycles. The van der Waals surface area contributed by atoms with Gasteiger partial charge in [0.1, 0.15) is 0 Å². The third-order valence-electron chi connectivity index (χ3n) is 3.10. The van der Waals surface area contributed by atoms with Crippen molar-refractivity contribution in [2.75, 3.05) is 20.1 Å². The van der Waals surface area contributed by atoms with Crippen LogP contribution in [0.2, 0.25) is 0 Å². The molecule has 0 spiro atoms. The van der Waals surface area contributed by atoms with Gasteiger partial charge in [-0.1, -0.05) is 26.0 Å². The second-order valence-corrected chi connectivity index (χ2v) is 5.66. The van der Waals surface area contributed by atoms with Gasteiger partial charge < -0.3 is 10.6 Å². The molecule has 0 heterocycles. The molecule has 0 aliphatic heterocycles. The summed E-state index contributed by atoms with van der Waals surface area (Å²) in [6, 6.07) is 6.73. The first-order chi connectivity index (χ1) is 8.76. The Balaban J connectivity index is 2.80. The zero-order chi connectivity index (χ0) is 14.6. The van der Waals surface area contributed by atoms with E-state index in [-0.39, 0.29) is 17.1 Å². The molecule has 0 unspecified atom stereocenters. The number of Topliss-reactive ketones (excluding diaryl/α,β-unsaturated/α-hetero) is 1. The fourth-order valence-corrected chi connectivity index (χ4v) is 1.85. The number of nitrogens with zero attached hydrogens (tertiary/aromatic N) is 1. The lowest BCUT2D eigenvalue weighted by Crippen LogP contribution is -2.39. The highest BCUT2D eigenvalue weighted by molar-refractivity contribution is 5.97. The van der Waals surface area contributed by atoms with Crippen LogP contribution in [0.25, 0.3) is 0 Å². The number of benzene rings is 1. The van der Waals surface area contributed by atoms with E-state index in [0.717, 1.165) is 0 Å². The molecule has 1 aromatic carbocycles. The number of carbonyl (C=O) groups is 2. The van der Waals surface area contributed by atoms with Gasteiger partial charge in [0.15, 0.2) is 5.78 Å². The lowest BCUT2D eigenvalue weighted by Gasteiger charge is -2.29. The third-order valence-corrected chi connectivity index (χ3v) is 3.10. The molecule has 0 atom stereocenters. The maximum atomic E-state index is 12.2. The molecule has 1 amide bonds. The first-order valence-corrected chi connectivity index (χ1v) is 6.33.